The van der Waals surface area contributed by atoms with E-state index in [9.17, 15) is 4.79 Å². The number of nitrogens with one attached hydrogen (secondary N) is 2. The molecule has 0 saturated carbocycles. The van der Waals surface area contributed by atoms with Crippen molar-refractivity contribution in [1.82, 2.24) is 25.1 Å². The van der Waals surface area contributed by atoms with E-state index in [0.29, 0.717) is 36.4 Å². The van der Waals surface area contributed by atoms with Crippen LogP contribution in [0.2, 0.25) is 5.02 Å². The molecule has 0 bridgehead atoms. The van der Waals surface area contributed by atoms with Crippen LogP contribution in [0.15, 0.2) is 35.6 Å². The van der Waals surface area contributed by atoms with E-state index in [4.69, 9.17) is 16.3 Å². The van der Waals surface area contributed by atoms with Crippen molar-refractivity contribution in [1.29, 1.82) is 0 Å². The van der Waals surface area contributed by atoms with E-state index in [1.165, 1.54) is 11.8 Å². The Morgan fingerprint density at radius 1 is 1.28 bits per heavy atom. The maximum Gasteiger partial charge on any atom is 0.224 e. The average Bonchev–Trinajstić information content (AvgIpc) is 3.13. The minimum atomic E-state index is -0.0871. The number of nitrogens with zero attached hydrogens (tertiary/aromatic N) is 4. The van der Waals surface area contributed by atoms with Gasteiger partial charge in [0.05, 0.1) is 31.2 Å². The molecule has 2 heterocycles. The predicted octanol–water partition coefficient (Wildman–Crippen LogP) is 2.62. The standard InChI is InChI=1S/C19H23ClN6O2S/c1-28-10-8-22-17-14-12-23-26(18(14)25-19(24-17)29-2)9-7-21-16(27)11-13-5-3-4-6-15(13)20/h3-6,12H,7-11H2,1-2H3,(H,21,27)(H,22,24,25). The highest BCUT2D eigenvalue weighted by molar-refractivity contribution is 7.98. The summed E-state index contributed by atoms with van der Waals surface area (Å²) in [5.74, 6) is 0.640. The van der Waals surface area contributed by atoms with E-state index in [1.807, 2.05) is 24.5 Å². The maximum atomic E-state index is 12.2. The minimum Gasteiger partial charge on any atom is -0.383 e. The normalized spacial score (nSPS) is 11.0. The van der Waals surface area contributed by atoms with Gasteiger partial charge in [0.1, 0.15) is 5.82 Å². The number of fused-ring (bicyclic) bond motifs is 1. The Balaban J connectivity index is 1.64. The van der Waals surface area contributed by atoms with Crippen LogP contribution in [0.5, 0.6) is 0 Å². The van der Waals surface area contributed by atoms with Crippen LogP contribution in [0.3, 0.4) is 0 Å². The van der Waals surface area contributed by atoms with E-state index in [0.717, 1.165) is 22.4 Å². The molecule has 154 valence electrons. The summed E-state index contributed by atoms with van der Waals surface area (Å²) in [4.78, 5) is 21.3. The quantitative estimate of drug-likeness (QED) is 0.288. The largest absolute Gasteiger partial charge is 0.383 e. The number of hydrogen-bond donors (Lipinski definition) is 2. The number of benzene rings is 1. The molecule has 0 aliphatic rings. The lowest BCUT2D eigenvalue weighted by molar-refractivity contribution is -0.120. The summed E-state index contributed by atoms with van der Waals surface area (Å²) in [5.41, 5.74) is 1.53. The fourth-order valence-corrected chi connectivity index (χ4v) is 3.34. The molecule has 0 atom stereocenters. The van der Waals surface area contributed by atoms with Gasteiger partial charge < -0.3 is 15.4 Å². The first-order valence-electron chi connectivity index (χ1n) is 9.13. The second-order valence-electron chi connectivity index (χ2n) is 6.20. The molecule has 0 fully saturated rings. The number of anilines is 1. The molecule has 0 aliphatic heterocycles. The van der Waals surface area contributed by atoms with Crippen LogP contribution in [0.4, 0.5) is 5.82 Å². The lowest BCUT2D eigenvalue weighted by atomic mass is 10.1. The van der Waals surface area contributed by atoms with E-state index >= 15 is 0 Å². The highest BCUT2D eigenvalue weighted by atomic mass is 35.5. The van der Waals surface area contributed by atoms with Crippen molar-refractivity contribution in [3.05, 3.63) is 41.0 Å². The van der Waals surface area contributed by atoms with Crippen molar-refractivity contribution in [3.63, 3.8) is 0 Å². The molecule has 10 heteroatoms. The number of ether oxygens (including phenoxy) is 1. The number of hydrogen-bond acceptors (Lipinski definition) is 7. The molecule has 2 N–H and O–H groups in total. The predicted molar refractivity (Wildman–Crippen MR) is 116 cm³/mol. The van der Waals surface area contributed by atoms with Gasteiger partial charge in [0.2, 0.25) is 5.91 Å². The molecule has 29 heavy (non-hydrogen) atoms. The van der Waals surface area contributed by atoms with Crippen molar-refractivity contribution >= 4 is 46.1 Å². The number of thioether (sulfide) groups is 1. The molecule has 3 aromatic rings. The molecule has 0 aliphatic carbocycles. The van der Waals surface area contributed by atoms with Gasteiger partial charge in [-0.25, -0.2) is 14.6 Å². The molecule has 0 saturated heterocycles. The first-order valence-corrected chi connectivity index (χ1v) is 10.7. The SMILES string of the molecule is COCCNc1nc(SC)nc2c1cnn2CCNC(=O)Cc1ccccc1Cl. The fraction of sp³-hybridized carbons (Fsp3) is 0.368. The first-order chi connectivity index (χ1) is 14.1. The van der Waals surface area contributed by atoms with E-state index in [2.05, 4.69) is 25.7 Å². The van der Waals surface area contributed by atoms with Crippen LogP contribution < -0.4 is 10.6 Å². The number of carbonyl (C=O) groups excluding carboxylic acids is 1. The summed E-state index contributed by atoms with van der Waals surface area (Å²) in [6.45, 7) is 2.15. The number of aromatic nitrogens is 4. The summed E-state index contributed by atoms with van der Waals surface area (Å²) in [7, 11) is 1.66. The Morgan fingerprint density at radius 3 is 2.86 bits per heavy atom. The zero-order chi connectivity index (χ0) is 20.6. The highest BCUT2D eigenvalue weighted by Crippen LogP contribution is 2.23. The van der Waals surface area contributed by atoms with Gasteiger partial charge in [-0.05, 0) is 17.9 Å². The Bertz CT molecular complexity index is 980. The van der Waals surface area contributed by atoms with Crippen molar-refractivity contribution in [2.45, 2.75) is 18.1 Å². The third kappa shape index (κ3) is 5.59. The molecule has 8 nitrogen and oxygen atoms in total. The van der Waals surface area contributed by atoms with Gasteiger partial charge in [-0.2, -0.15) is 5.10 Å². The van der Waals surface area contributed by atoms with Crippen molar-refractivity contribution in [3.8, 4) is 0 Å². The van der Waals surface area contributed by atoms with E-state index in [1.54, 1.807) is 24.1 Å². The van der Waals surface area contributed by atoms with E-state index < -0.39 is 0 Å². The third-order valence-corrected chi connectivity index (χ3v) is 5.13. The molecule has 0 radical (unpaired) electrons. The zero-order valence-electron chi connectivity index (χ0n) is 16.3. The van der Waals surface area contributed by atoms with Crippen molar-refractivity contribution < 1.29 is 9.53 Å². The lowest BCUT2D eigenvalue weighted by Gasteiger charge is -2.09. The fourth-order valence-electron chi connectivity index (χ4n) is 2.77. The number of amides is 1. The lowest BCUT2D eigenvalue weighted by Crippen LogP contribution is -2.29. The number of methoxy groups -OCH3 is 1. The first kappa shape index (κ1) is 21.4. The Morgan fingerprint density at radius 2 is 2.10 bits per heavy atom. The van der Waals surface area contributed by atoms with Gasteiger partial charge in [-0.1, -0.05) is 41.6 Å². The molecule has 2 aromatic heterocycles. The van der Waals surface area contributed by atoms with E-state index in [-0.39, 0.29) is 12.3 Å². The second-order valence-corrected chi connectivity index (χ2v) is 7.38. The molecule has 0 unspecified atom stereocenters. The van der Waals surface area contributed by atoms with Gasteiger partial charge in [-0.3, -0.25) is 4.79 Å². The smallest absolute Gasteiger partial charge is 0.224 e. The van der Waals surface area contributed by atoms with Gasteiger partial charge in [0.25, 0.3) is 0 Å². The van der Waals surface area contributed by atoms with Gasteiger partial charge in [-0.15, -0.1) is 0 Å². The monoisotopic (exact) mass is 434 g/mol. The minimum absolute atomic E-state index is 0.0871. The molecular weight excluding hydrogens is 412 g/mol. The molecule has 0 spiro atoms. The van der Waals surface area contributed by atoms with Crippen LogP contribution in [-0.4, -0.2) is 58.7 Å². The van der Waals surface area contributed by atoms with Gasteiger partial charge >= 0.3 is 0 Å². The molecule has 1 aromatic carbocycles. The summed E-state index contributed by atoms with van der Waals surface area (Å²) in [6, 6.07) is 7.34. The Hall–Kier alpha value is -2.36. The third-order valence-electron chi connectivity index (χ3n) is 4.21. The molecule has 1 amide bonds. The summed E-state index contributed by atoms with van der Waals surface area (Å²) >= 11 is 7.58. The van der Waals surface area contributed by atoms with Crippen LogP contribution in [0.1, 0.15) is 5.56 Å². The van der Waals surface area contributed by atoms with Crippen LogP contribution >= 0.6 is 23.4 Å². The van der Waals surface area contributed by atoms with Crippen LogP contribution in [-0.2, 0) is 22.5 Å². The molecular formula is C19H23ClN6O2S. The zero-order valence-corrected chi connectivity index (χ0v) is 17.9. The van der Waals surface area contributed by atoms with Crippen molar-refractivity contribution in [2.75, 3.05) is 38.4 Å². The van der Waals surface area contributed by atoms with Crippen LogP contribution in [0.25, 0.3) is 11.0 Å². The second kappa shape index (κ2) is 10.4. The summed E-state index contributed by atoms with van der Waals surface area (Å²) in [5, 5.41) is 12.7. The maximum absolute atomic E-state index is 12.2. The van der Waals surface area contributed by atoms with Crippen molar-refractivity contribution in [2.24, 2.45) is 0 Å². The average molecular weight is 435 g/mol. The number of halogens is 1. The number of rotatable bonds is 10. The summed E-state index contributed by atoms with van der Waals surface area (Å²) < 4.78 is 6.85. The molecule has 3 rings (SSSR count). The summed E-state index contributed by atoms with van der Waals surface area (Å²) in [6.07, 6.45) is 3.90. The highest BCUT2D eigenvalue weighted by Gasteiger charge is 2.13. The van der Waals surface area contributed by atoms with Gasteiger partial charge in [0.15, 0.2) is 10.8 Å². The van der Waals surface area contributed by atoms with Gasteiger partial charge in [0, 0.05) is 25.2 Å². The number of carbonyl (C=O) groups is 1. The Labute approximate surface area is 178 Å². The topological polar surface area (TPSA) is 94.0 Å². The Kier molecular flexibility index (Phi) is 7.68. The van der Waals surface area contributed by atoms with Crippen LogP contribution in [0, 0.1) is 0 Å².